The Morgan fingerprint density at radius 2 is 1.88 bits per heavy atom. The Morgan fingerprint density at radius 1 is 1.21 bits per heavy atom. The van der Waals surface area contributed by atoms with Gasteiger partial charge in [0.1, 0.15) is 29.0 Å². The molecule has 0 unspecified atom stereocenters. The number of aromatic nitrogens is 1. The first-order valence-electron chi connectivity index (χ1n) is 11.8. The zero-order valence-electron chi connectivity index (χ0n) is 19.3. The summed E-state index contributed by atoms with van der Waals surface area (Å²) in [5.74, 6) is 3.48. The predicted molar refractivity (Wildman–Crippen MR) is 132 cm³/mol. The first kappa shape index (κ1) is 22.1. The number of primary amides is 1. The molecule has 4 saturated carbocycles. The summed E-state index contributed by atoms with van der Waals surface area (Å²) >= 11 is 0. The van der Waals surface area contributed by atoms with Gasteiger partial charge in [0.25, 0.3) is 0 Å². The van der Waals surface area contributed by atoms with Gasteiger partial charge >= 0.3 is 0 Å². The maximum absolute atomic E-state index is 11.1. The third-order valence-corrected chi connectivity index (χ3v) is 7.52. The maximum Gasteiger partial charge on any atom is 0.241 e. The van der Waals surface area contributed by atoms with E-state index < -0.39 is 5.91 Å². The highest BCUT2D eigenvalue weighted by atomic mass is 16.5. The van der Waals surface area contributed by atoms with E-state index in [1.807, 2.05) is 18.2 Å². The lowest BCUT2D eigenvalue weighted by Crippen LogP contribution is -2.55. The lowest BCUT2D eigenvalue weighted by atomic mass is 9.53. The lowest BCUT2D eigenvalue weighted by Gasteiger charge is -2.57. The number of nitrogens with two attached hydrogens (primary N) is 2. The Morgan fingerprint density at radius 3 is 2.47 bits per heavy atom. The van der Waals surface area contributed by atoms with Crippen LogP contribution in [0, 0.1) is 29.1 Å². The molecule has 0 atom stereocenters. The molecule has 1 aromatic heterocycles. The number of hydrogen-bond donors (Lipinski definition) is 4. The molecule has 1 amide bonds. The van der Waals surface area contributed by atoms with E-state index in [9.17, 15) is 10.1 Å². The SMILES string of the molecule is COc1cc(Nc2cc(N)c(C#N)c(NC34CC5CC(CC(C5)C3)C4)n2)ccc1/C=C/C(N)=O. The Labute approximate surface area is 199 Å². The van der Waals surface area contributed by atoms with Crippen LogP contribution in [-0.4, -0.2) is 23.5 Å². The van der Waals surface area contributed by atoms with Crippen molar-refractivity contribution in [3.05, 3.63) is 41.5 Å². The molecule has 1 heterocycles. The number of carbonyl (C=O) groups excluding carboxylic acids is 1. The minimum atomic E-state index is -0.527. The summed E-state index contributed by atoms with van der Waals surface area (Å²) in [6, 6.07) is 9.40. The van der Waals surface area contributed by atoms with Crippen LogP contribution in [-0.2, 0) is 4.79 Å². The number of amides is 1. The average molecular weight is 459 g/mol. The van der Waals surface area contributed by atoms with Crippen molar-refractivity contribution in [3.8, 4) is 11.8 Å². The minimum Gasteiger partial charge on any atom is -0.496 e. The summed E-state index contributed by atoms with van der Waals surface area (Å²) in [6.07, 6.45) is 10.3. The summed E-state index contributed by atoms with van der Waals surface area (Å²) < 4.78 is 5.45. The summed E-state index contributed by atoms with van der Waals surface area (Å²) in [7, 11) is 1.56. The van der Waals surface area contributed by atoms with E-state index in [4.69, 9.17) is 21.2 Å². The number of anilines is 4. The zero-order chi connectivity index (χ0) is 23.9. The summed E-state index contributed by atoms with van der Waals surface area (Å²) in [5.41, 5.74) is 13.7. The molecule has 0 radical (unpaired) electrons. The van der Waals surface area contributed by atoms with Crippen molar-refractivity contribution < 1.29 is 9.53 Å². The van der Waals surface area contributed by atoms with Crippen molar-refractivity contribution in [2.75, 3.05) is 23.5 Å². The summed E-state index contributed by atoms with van der Waals surface area (Å²) in [6.45, 7) is 0. The van der Waals surface area contributed by atoms with Crippen LogP contribution in [0.4, 0.5) is 23.0 Å². The van der Waals surface area contributed by atoms with Crippen LogP contribution < -0.4 is 26.8 Å². The number of hydrogen-bond acceptors (Lipinski definition) is 7. The number of nitriles is 1. The summed E-state index contributed by atoms with van der Waals surface area (Å²) in [4.78, 5) is 15.8. The fourth-order valence-electron chi connectivity index (χ4n) is 6.60. The van der Waals surface area contributed by atoms with Gasteiger partial charge in [0.05, 0.1) is 12.8 Å². The molecule has 4 aliphatic rings. The van der Waals surface area contributed by atoms with Gasteiger partial charge in [-0.25, -0.2) is 4.98 Å². The zero-order valence-corrected chi connectivity index (χ0v) is 19.3. The molecule has 0 spiro atoms. The number of nitrogens with zero attached hydrogens (tertiary/aromatic N) is 2. The van der Waals surface area contributed by atoms with E-state index in [-0.39, 0.29) is 5.54 Å². The number of carbonyl (C=O) groups is 1. The van der Waals surface area contributed by atoms with Crippen LogP contribution in [0.5, 0.6) is 5.75 Å². The molecule has 8 heteroatoms. The predicted octanol–water partition coefficient (Wildman–Crippen LogP) is 4.17. The first-order valence-corrected chi connectivity index (χ1v) is 11.8. The second kappa shape index (κ2) is 8.56. The van der Waals surface area contributed by atoms with Crippen LogP contribution in [0.3, 0.4) is 0 Å². The average Bonchev–Trinajstić information content (AvgIpc) is 2.76. The quantitative estimate of drug-likeness (QED) is 0.457. The van der Waals surface area contributed by atoms with E-state index in [1.54, 1.807) is 19.3 Å². The number of rotatable bonds is 7. The topological polar surface area (TPSA) is 139 Å². The van der Waals surface area contributed by atoms with Gasteiger partial charge in [0, 0.05) is 35.0 Å². The molecule has 4 bridgehead atoms. The smallest absolute Gasteiger partial charge is 0.241 e. The number of methoxy groups -OCH3 is 1. The van der Waals surface area contributed by atoms with E-state index in [2.05, 4.69) is 16.7 Å². The lowest BCUT2D eigenvalue weighted by molar-refractivity contribution is -0.113. The van der Waals surface area contributed by atoms with Crippen LogP contribution >= 0.6 is 0 Å². The van der Waals surface area contributed by atoms with E-state index >= 15 is 0 Å². The van der Waals surface area contributed by atoms with E-state index in [0.29, 0.717) is 28.6 Å². The fraction of sp³-hybridized carbons (Fsp3) is 0.423. The molecule has 4 aliphatic carbocycles. The molecule has 8 nitrogen and oxygen atoms in total. The molecule has 34 heavy (non-hydrogen) atoms. The van der Waals surface area contributed by atoms with Crippen molar-refractivity contribution in [2.45, 2.75) is 44.1 Å². The second-order valence-corrected chi connectivity index (χ2v) is 10.1. The van der Waals surface area contributed by atoms with Crippen LogP contribution in [0.15, 0.2) is 30.3 Å². The van der Waals surface area contributed by atoms with Crippen LogP contribution in [0.2, 0.25) is 0 Å². The highest BCUT2D eigenvalue weighted by molar-refractivity contribution is 5.90. The number of nitrogen functional groups attached to an aromatic ring is 1. The molecular formula is C26H30N6O2. The van der Waals surface area contributed by atoms with Crippen LogP contribution in [0.1, 0.15) is 49.7 Å². The molecule has 6 N–H and O–H groups in total. The van der Waals surface area contributed by atoms with Crippen molar-refractivity contribution in [1.29, 1.82) is 5.26 Å². The molecule has 2 aromatic rings. The van der Waals surface area contributed by atoms with Gasteiger partial charge in [0.15, 0.2) is 0 Å². The van der Waals surface area contributed by atoms with Gasteiger partial charge in [-0.3, -0.25) is 4.79 Å². The van der Waals surface area contributed by atoms with Gasteiger partial charge in [-0.15, -0.1) is 0 Å². The Bertz CT molecular complexity index is 1160. The fourth-order valence-corrected chi connectivity index (χ4v) is 6.60. The second-order valence-electron chi connectivity index (χ2n) is 10.1. The maximum atomic E-state index is 11.1. The Hall–Kier alpha value is -3.73. The molecule has 0 aliphatic heterocycles. The van der Waals surface area contributed by atoms with Gasteiger partial charge in [0.2, 0.25) is 5.91 Å². The molecular weight excluding hydrogens is 428 g/mol. The monoisotopic (exact) mass is 458 g/mol. The molecule has 1 aromatic carbocycles. The minimum absolute atomic E-state index is 0.00996. The van der Waals surface area contributed by atoms with Gasteiger partial charge in [-0.2, -0.15) is 5.26 Å². The third kappa shape index (κ3) is 4.26. The van der Waals surface area contributed by atoms with Gasteiger partial charge < -0.3 is 26.8 Å². The standard InChI is InChI=1S/C26H30N6O2/c1-34-22-9-19(4-2-18(22)3-5-23(29)33)30-24-10-21(28)20(14-27)25(31-24)32-26-11-15-6-16(12-26)8-17(7-15)13-26/h2-5,9-10,15-17H,6-8,11-13H2,1H3,(H2,29,33)(H4,28,30,31,32)/b5-3+. The number of nitrogens with one attached hydrogen (secondary N) is 2. The number of benzene rings is 1. The van der Waals surface area contributed by atoms with Gasteiger partial charge in [-0.1, -0.05) is 0 Å². The molecule has 176 valence electrons. The van der Waals surface area contributed by atoms with Crippen molar-refractivity contribution in [2.24, 2.45) is 23.5 Å². The van der Waals surface area contributed by atoms with Crippen molar-refractivity contribution >= 4 is 35.0 Å². The van der Waals surface area contributed by atoms with Crippen LogP contribution in [0.25, 0.3) is 6.08 Å². The molecule has 4 fully saturated rings. The largest absolute Gasteiger partial charge is 0.496 e. The Balaban J connectivity index is 1.42. The summed E-state index contributed by atoms with van der Waals surface area (Å²) in [5, 5.41) is 16.8. The molecule has 0 saturated heterocycles. The van der Waals surface area contributed by atoms with E-state index in [0.717, 1.165) is 48.3 Å². The highest BCUT2D eigenvalue weighted by Crippen LogP contribution is 2.56. The van der Waals surface area contributed by atoms with Gasteiger partial charge in [-0.05, 0) is 74.5 Å². The van der Waals surface area contributed by atoms with Crippen molar-refractivity contribution in [3.63, 3.8) is 0 Å². The van der Waals surface area contributed by atoms with Crippen molar-refractivity contribution in [1.82, 2.24) is 4.98 Å². The Kier molecular flexibility index (Phi) is 5.56. The molecule has 6 rings (SSSR count). The normalized spacial score (nSPS) is 26.9. The van der Waals surface area contributed by atoms with E-state index in [1.165, 1.54) is 25.3 Å². The number of ether oxygens (including phenoxy) is 1. The first-order chi connectivity index (χ1) is 16.4. The highest BCUT2D eigenvalue weighted by Gasteiger charge is 2.51. The third-order valence-electron chi connectivity index (χ3n) is 7.52. The number of pyridine rings is 1.